The van der Waals surface area contributed by atoms with Crippen molar-refractivity contribution in [1.82, 2.24) is 14.8 Å². The first kappa shape index (κ1) is 19.3. The molecule has 2 aromatic carbocycles. The van der Waals surface area contributed by atoms with Crippen molar-refractivity contribution >= 4 is 35.1 Å². The Kier molecular flexibility index (Phi) is 7.06. The molecule has 6 heteroatoms. The predicted octanol–water partition coefficient (Wildman–Crippen LogP) is 5.99. The summed E-state index contributed by atoms with van der Waals surface area (Å²) < 4.78 is 2.22. The number of rotatable bonds is 8. The van der Waals surface area contributed by atoms with Gasteiger partial charge >= 0.3 is 0 Å². The maximum Gasteiger partial charge on any atom is 0.191 e. The lowest BCUT2D eigenvalue weighted by atomic mass is 10.2. The van der Waals surface area contributed by atoms with E-state index in [1.807, 2.05) is 23.9 Å². The van der Waals surface area contributed by atoms with Crippen LogP contribution in [0, 0.1) is 6.92 Å². The molecular weight excluding hydrogens is 382 g/mol. The molecule has 1 aromatic heterocycles. The quantitative estimate of drug-likeness (QED) is 0.432. The number of aryl methyl sites for hydroxylation is 1. The topological polar surface area (TPSA) is 30.7 Å². The van der Waals surface area contributed by atoms with Gasteiger partial charge in [-0.15, -0.1) is 22.0 Å². The Morgan fingerprint density at radius 3 is 2.23 bits per heavy atom. The van der Waals surface area contributed by atoms with Crippen LogP contribution in [-0.4, -0.2) is 14.8 Å². The summed E-state index contributed by atoms with van der Waals surface area (Å²) in [5, 5.41) is 10.6. The zero-order valence-corrected chi connectivity index (χ0v) is 17.4. The van der Waals surface area contributed by atoms with E-state index in [2.05, 4.69) is 65.0 Å². The zero-order valence-electron chi connectivity index (χ0n) is 15.0. The number of nitrogens with zero attached hydrogens (tertiary/aromatic N) is 3. The van der Waals surface area contributed by atoms with E-state index in [1.54, 1.807) is 11.8 Å². The Labute approximate surface area is 168 Å². The first-order valence-corrected chi connectivity index (χ1v) is 11.1. The predicted molar refractivity (Wildman–Crippen MR) is 113 cm³/mol. The van der Waals surface area contributed by atoms with E-state index in [0.717, 1.165) is 39.8 Å². The number of hydrogen-bond acceptors (Lipinski definition) is 4. The van der Waals surface area contributed by atoms with E-state index < -0.39 is 0 Å². The average Bonchev–Trinajstić information content (AvgIpc) is 3.05. The van der Waals surface area contributed by atoms with Gasteiger partial charge in [0.1, 0.15) is 5.82 Å². The fourth-order valence-corrected chi connectivity index (χ4v) is 4.55. The summed E-state index contributed by atoms with van der Waals surface area (Å²) in [5.41, 5.74) is 3.87. The fraction of sp³-hybridized carbons (Fsp3) is 0.300. The molecule has 0 fully saturated rings. The molecule has 0 aliphatic heterocycles. The van der Waals surface area contributed by atoms with Crippen molar-refractivity contribution in [1.29, 1.82) is 0 Å². The Morgan fingerprint density at radius 1 is 0.885 bits per heavy atom. The number of halogens is 1. The van der Waals surface area contributed by atoms with Gasteiger partial charge in [0.25, 0.3) is 0 Å². The Bertz CT molecular complexity index is 829. The van der Waals surface area contributed by atoms with Crippen LogP contribution in [0.2, 0.25) is 5.02 Å². The third-order valence-corrected chi connectivity index (χ3v) is 6.30. The smallest absolute Gasteiger partial charge is 0.191 e. The number of thioether (sulfide) groups is 2. The standard InChI is InChI=1S/C20H22ClN3S2/c1-3-24-19(14-25-12-16-8-10-18(21)11-9-16)22-23-20(24)26-13-17-6-4-15(2)5-7-17/h4-11H,3,12-14H2,1-2H3. The highest BCUT2D eigenvalue weighted by atomic mass is 35.5. The van der Waals surface area contributed by atoms with Gasteiger partial charge in [-0.3, -0.25) is 0 Å². The zero-order chi connectivity index (χ0) is 18.4. The van der Waals surface area contributed by atoms with Crippen LogP contribution < -0.4 is 0 Å². The summed E-state index contributed by atoms with van der Waals surface area (Å²) in [4.78, 5) is 0. The molecule has 26 heavy (non-hydrogen) atoms. The van der Waals surface area contributed by atoms with Gasteiger partial charge < -0.3 is 4.57 Å². The van der Waals surface area contributed by atoms with E-state index in [0.29, 0.717) is 0 Å². The molecule has 0 unspecified atom stereocenters. The molecule has 0 aliphatic rings. The van der Waals surface area contributed by atoms with Crippen LogP contribution in [0.15, 0.2) is 53.7 Å². The Hall–Kier alpha value is -1.43. The van der Waals surface area contributed by atoms with Crippen molar-refractivity contribution in [2.75, 3.05) is 0 Å². The maximum absolute atomic E-state index is 5.93. The average molecular weight is 404 g/mol. The molecule has 3 aromatic rings. The summed E-state index contributed by atoms with van der Waals surface area (Å²) in [7, 11) is 0. The highest BCUT2D eigenvalue weighted by Crippen LogP contribution is 2.25. The Balaban J connectivity index is 1.56. The van der Waals surface area contributed by atoms with E-state index in [4.69, 9.17) is 11.6 Å². The molecular formula is C20H22ClN3S2. The molecule has 0 aliphatic carbocycles. The van der Waals surface area contributed by atoms with E-state index in [9.17, 15) is 0 Å². The lowest BCUT2D eigenvalue weighted by Crippen LogP contribution is -2.02. The lowest BCUT2D eigenvalue weighted by molar-refractivity contribution is 0.659. The van der Waals surface area contributed by atoms with Gasteiger partial charge in [0.2, 0.25) is 0 Å². The number of hydrogen-bond donors (Lipinski definition) is 0. The summed E-state index contributed by atoms with van der Waals surface area (Å²) in [6.45, 7) is 5.14. The lowest BCUT2D eigenvalue weighted by Gasteiger charge is -2.07. The van der Waals surface area contributed by atoms with E-state index >= 15 is 0 Å². The third kappa shape index (κ3) is 5.29. The van der Waals surface area contributed by atoms with Crippen molar-refractivity contribution in [2.24, 2.45) is 0 Å². The second kappa shape index (κ2) is 9.49. The monoisotopic (exact) mass is 403 g/mol. The minimum Gasteiger partial charge on any atom is -0.306 e. The molecule has 136 valence electrons. The van der Waals surface area contributed by atoms with Crippen molar-refractivity contribution in [2.45, 2.75) is 42.8 Å². The molecule has 0 saturated carbocycles. The largest absolute Gasteiger partial charge is 0.306 e. The molecule has 0 saturated heterocycles. The van der Waals surface area contributed by atoms with Gasteiger partial charge in [-0.2, -0.15) is 0 Å². The molecule has 3 nitrogen and oxygen atoms in total. The van der Waals surface area contributed by atoms with Gasteiger partial charge in [0.05, 0.1) is 5.75 Å². The minimum absolute atomic E-state index is 0.778. The molecule has 0 atom stereocenters. The van der Waals surface area contributed by atoms with Crippen LogP contribution in [0.5, 0.6) is 0 Å². The first-order valence-electron chi connectivity index (χ1n) is 8.58. The van der Waals surface area contributed by atoms with Crippen LogP contribution in [-0.2, 0) is 23.8 Å². The molecule has 0 spiro atoms. The molecule has 0 N–H and O–H groups in total. The van der Waals surface area contributed by atoms with Crippen molar-refractivity contribution in [3.8, 4) is 0 Å². The summed E-state index contributed by atoms with van der Waals surface area (Å²) >= 11 is 9.53. The normalized spacial score (nSPS) is 11.0. The van der Waals surface area contributed by atoms with Crippen LogP contribution >= 0.6 is 35.1 Å². The van der Waals surface area contributed by atoms with Crippen molar-refractivity contribution in [3.63, 3.8) is 0 Å². The molecule has 0 radical (unpaired) electrons. The van der Waals surface area contributed by atoms with Gasteiger partial charge in [-0.1, -0.05) is 65.3 Å². The summed E-state index contributed by atoms with van der Waals surface area (Å²) in [6.07, 6.45) is 0. The summed E-state index contributed by atoms with van der Waals surface area (Å²) in [5.74, 6) is 3.75. The molecule has 0 bridgehead atoms. The van der Waals surface area contributed by atoms with Crippen LogP contribution in [0.3, 0.4) is 0 Å². The van der Waals surface area contributed by atoms with Gasteiger partial charge in [-0.25, -0.2) is 0 Å². The van der Waals surface area contributed by atoms with Crippen LogP contribution in [0.25, 0.3) is 0 Å². The highest BCUT2D eigenvalue weighted by molar-refractivity contribution is 7.98. The van der Waals surface area contributed by atoms with E-state index in [1.165, 1.54) is 16.7 Å². The first-order chi connectivity index (χ1) is 12.7. The van der Waals surface area contributed by atoms with Crippen molar-refractivity contribution in [3.05, 3.63) is 76.1 Å². The van der Waals surface area contributed by atoms with Gasteiger partial charge in [-0.05, 0) is 37.1 Å². The highest BCUT2D eigenvalue weighted by Gasteiger charge is 2.11. The second-order valence-corrected chi connectivity index (χ2v) is 8.40. The fourth-order valence-electron chi connectivity index (χ4n) is 2.52. The van der Waals surface area contributed by atoms with Gasteiger partial charge in [0, 0.05) is 23.1 Å². The minimum atomic E-state index is 0.778. The Morgan fingerprint density at radius 2 is 1.54 bits per heavy atom. The molecule has 1 heterocycles. The van der Waals surface area contributed by atoms with Crippen LogP contribution in [0.1, 0.15) is 29.4 Å². The second-order valence-electron chi connectivity index (χ2n) is 6.04. The summed E-state index contributed by atoms with van der Waals surface area (Å²) in [6, 6.07) is 16.7. The molecule has 0 amide bonds. The number of benzene rings is 2. The van der Waals surface area contributed by atoms with Gasteiger partial charge in [0.15, 0.2) is 5.16 Å². The number of aromatic nitrogens is 3. The third-order valence-electron chi connectivity index (χ3n) is 4.01. The molecule has 3 rings (SSSR count). The van der Waals surface area contributed by atoms with Crippen LogP contribution in [0.4, 0.5) is 0 Å². The van der Waals surface area contributed by atoms with E-state index in [-0.39, 0.29) is 0 Å². The maximum atomic E-state index is 5.93. The SMILES string of the molecule is CCn1c(CSCc2ccc(Cl)cc2)nnc1SCc1ccc(C)cc1. The van der Waals surface area contributed by atoms with Crippen molar-refractivity contribution < 1.29 is 0 Å².